The zero-order valence-corrected chi connectivity index (χ0v) is 19.2. The van der Waals surface area contributed by atoms with Gasteiger partial charge < -0.3 is 10.6 Å². The Bertz CT molecular complexity index is 827. The predicted molar refractivity (Wildman–Crippen MR) is 120 cm³/mol. The van der Waals surface area contributed by atoms with Crippen molar-refractivity contribution < 1.29 is 9.59 Å². The Hall–Kier alpha value is -1.66. The second-order valence-electron chi connectivity index (χ2n) is 7.47. The van der Waals surface area contributed by atoms with Gasteiger partial charge in [-0.3, -0.25) is 9.59 Å². The molecule has 0 spiro atoms. The van der Waals surface area contributed by atoms with Crippen molar-refractivity contribution >= 4 is 55.0 Å². The monoisotopic (exact) mass is 506 g/mol. The van der Waals surface area contributed by atoms with Crippen molar-refractivity contribution in [3.05, 3.63) is 56.5 Å². The van der Waals surface area contributed by atoms with Crippen molar-refractivity contribution in [3.8, 4) is 0 Å². The molecular formula is C22H24Br2N2O2. The average molecular weight is 508 g/mol. The number of rotatable bonds is 4. The molecule has 0 radical (unpaired) electrons. The molecule has 0 unspecified atom stereocenters. The Morgan fingerprint density at radius 1 is 0.821 bits per heavy atom. The van der Waals surface area contributed by atoms with Crippen molar-refractivity contribution in [2.24, 2.45) is 11.8 Å². The second kappa shape index (κ2) is 9.23. The lowest BCUT2D eigenvalue weighted by molar-refractivity contribution is -0.124. The molecule has 3 rings (SSSR count). The van der Waals surface area contributed by atoms with Crippen LogP contribution < -0.4 is 10.6 Å². The number of carbonyl (C=O) groups is 2. The number of halogens is 2. The number of nitrogens with one attached hydrogen (secondary N) is 2. The summed E-state index contributed by atoms with van der Waals surface area (Å²) in [6.45, 7) is 3.98. The van der Waals surface area contributed by atoms with Gasteiger partial charge in [0.05, 0.1) is 0 Å². The maximum absolute atomic E-state index is 12.7. The van der Waals surface area contributed by atoms with Crippen LogP contribution in [0.4, 0.5) is 11.4 Å². The fourth-order valence-electron chi connectivity index (χ4n) is 3.60. The number of amides is 2. The molecular weight excluding hydrogens is 484 g/mol. The van der Waals surface area contributed by atoms with Gasteiger partial charge in [-0.2, -0.15) is 0 Å². The normalized spacial score (nSPS) is 19.1. The minimum Gasteiger partial charge on any atom is -0.326 e. The minimum atomic E-state index is -0.139. The van der Waals surface area contributed by atoms with Crippen molar-refractivity contribution in [3.63, 3.8) is 0 Å². The zero-order chi connectivity index (χ0) is 20.3. The molecule has 6 heteroatoms. The second-order valence-corrected chi connectivity index (χ2v) is 9.18. The van der Waals surface area contributed by atoms with E-state index in [1.54, 1.807) is 0 Å². The lowest BCUT2D eigenvalue weighted by Crippen LogP contribution is -2.33. The fraction of sp³-hybridized carbons (Fsp3) is 0.364. The third-order valence-electron chi connectivity index (χ3n) is 5.27. The molecule has 2 aromatic carbocycles. The summed E-state index contributed by atoms with van der Waals surface area (Å²) in [5.41, 5.74) is 3.73. The van der Waals surface area contributed by atoms with E-state index in [1.165, 1.54) is 0 Å². The average Bonchev–Trinajstić information content (AvgIpc) is 2.67. The molecule has 1 fully saturated rings. The molecule has 1 saturated carbocycles. The standard InChI is InChI=1S/C22H24Br2N2O2/c1-13-10-17(6-8-19(13)23)25-21(27)15-4-3-5-16(12-15)22(28)26-18-7-9-20(24)14(2)11-18/h6-11,15-16H,3-5,12H2,1-2H3,(H,25,27)(H,26,28)/t15-,16-/m0/s1. The number of carbonyl (C=O) groups excluding carboxylic acids is 2. The SMILES string of the molecule is Cc1cc(NC(=O)[C@H]2CCC[C@H](C(=O)Nc3ccc(Br)c(C)c3)C2)ccc1Br. The minimum absolute atomic E-state index is 0.00120. The number of hydrogen-bond acceptors (Lipinski definition) is 2. The van der Waals surface area contributed by atoms with E-state index in [1.807, 2.05) is 50.2 Å². The van der Waals surface area contributed by atoms with Crippen LogP contribution >= 0.6 is 31.9 Å². The van der Waals surface area contributed by atoms with Crippen LogP contribution in [0.5, 0.6) is 0 Å². The van der Waals surface area contributed by atoms with Gasteiger partial charge in [-0.15, -0.1) is 0 Å². The van der Waals surface area contributed by atoms with Crippen LogP contribution in [-0.2, 0) is 9.59 Å². The molecule has 0 saturated heterocycles. The smallest absolute Gasteiger partial charge is 0.227 e. The van der Waals surface area contributed by atoms with Crippen LogP contribution in [0.3, 0.4) is 0 Å². The third-order valence-corrected chi connectivity index (χ3v) is 7.05. The van der Waals surface area contributed by atoms with E-state index in [0.29, 0.717) is 6.42 Å². The Morgan fingerprint density at radius 3 is 1.64 bits per heavy atom. The highest BCUT2D eigenvalue weighted by molar-refractivity contribution is 9.10. The van der Waals surface area contributed by atoms with Crippen molar-refractivity contribution in [1.29, 1.82) is 0 Å². The van der Waals surface area contributed by atoms with E-state index in [0.717, 1.165) is 50.7 Å². The van der Waals surface area contributed by atoms with Gasteiger partial charge in [-0.25, -0.2) is 0 Å². The molecule has 2 amide bonds. The van der Waals surface area contributed by atoms with Gasteiger partial charge in [0.15, 0.2) is 0 Å². The number of hydrogen-bond donors (Lipinski definition) is 2. The molecule has 1 aliphatic rings. The van der Waals surface area contributed by atoms with Crippen LogP contribution in [0.1, 0.15) is 36.8 Å². The maximum atomic E-state index is 12.7. The van der Waals surface area contributed by atoms with Crippen LogP contribution in [0.15, 0.2) is 45.3 Å². The van der Waals surface area contributed by atoms with Gasteiger partial charge in [0, 0.05) is 32.2 Å². The molecule has 0 bridgehead atoms. The number of anilines is 2. The summed E-state index contributed by atoms with van der Waals surface area (Å²) < 4.78 is 2.03. The van der Waals surface area contributed by atoms with E-state index in [4.69, 9.17) is 0 Å². The highest BCUT2D eigenvalue weighted by atomic mass is 79.9. The molecule has 28 heavy (non-hydrogen) atoms. The number of aryl methyl sites for hydroxylation is 2. The van der Waals surface area contributed by atoms with E-state index < -0.39 is 0 Å². The van der Waals surface area contributed by atoms with Crippen molar-refractivity contribution in [1.82, 2.24) is 0 Å². The Morgan fingerprint density at radius 2 is 1.25 bits per heavy atom. The van der Waals surface area contributed by atoms with Gasteiger partial charge in [0.2, 0.25) is 11.8 Å². The first-order chi connectivity index (χ1) is 13.3. The van der Waals surface area contributed by atoms with Gasteiger partial charge in [-0.05, 0) is 80.6 Å². The first kappa shape index (κ1) is 21.1. The van der Waals surface area contributed by atoms with Crippen molar-refractivity contribution in [2.45, 2.75) is 39.5 Å². The summed E-state index contributed by atoms with van der Waals surface area (Å²) in [6, 6.07) is 11.5. The Labute approximate surface area is 182 Å². The van der Waals surface area contributed by atoms with E-state index in [-0.39, 0.29) is 23.7 Å². The Kier molecular flexibility index (Phi) is 6.94. The molecule has 4 nitrogen and oxygen atoms in total. The summed E-state index contributed by atoms with van der Waals surface area (Å²) in [6.07, 6.45) is 3.11. The number of benzene rings is 2. The van der Waals surface area contributed by atoms with Gasteiger partial charge in [0.25, 0.3) is 0 Å². The first-order valence-corrected chi connectivity index (χ1v) is 11.1. The van der Waals surface area contributed by atoms with E-state index >= 15 is 0 Å². The lowest BCUT2D eigenvalue weighted by atomic mass is 9.80. The Balaban J connectivity index is 1.60. The topological polar surface area (TPSA) is 58.2 Å². The fourth-order valence-corrected chi connectivity index (χ4v) is 4.09. The largest absolute Gasteiger partial charge is 0.326 e. The van der Waals surface area contributed by atoms with Crippen LogP contribution in [-0.4, -0.2) is 11.8 Å². The van der Waals surface area contributed by atoms with Gasteiger partial charge >= 0.3 is 0 Å². The van der Waals surface area contributed by atoms with E-state index in [9.17, 15) is 9.59 Å². The summed E-state index contributed by atoms with van der Waals surface area (Å²) in [4.78, 5) is 25.4. The van der Waals surface area contributed by atoms with E-state index in [2.05, 4.69) is 42.5 Å². The highest BCUT2D eigenvalue weighted by Gasteiger charge is 2.31. The van der Waals surface area contributed by atoms with Crippen LogP contribution in [0.25, 0.3) is 0 Å². The summed E-state index contributed by atoms with van der Waals surface area (Å²) in [7, 11) is 0. The van der Waals surface area contributed by atoms with Crippen LogP contribution in [0.2, 0.25) is 0 Å². The predicted octanol–water partition coefficient (Wildman–Crippen LogP) is 6.21. The molecule has 0 aliphatic heterocycles. The lowest BCUT2D eigenvalue weighted by Gasteiger charge is -2.27. The maximum Gasteiger partial charge on any atom is 0.227 e. The van der Waals surface area contributed by atoms with Crippen LogP contribution in [0, 0.1) is 25.7 Å². The quantitative estimate of drug-likeness (QED) is 0.516. The molecule has 2 aromatic rings. The van der Waals surface area contributed by atoms with Crippen molar-refractivity contribution in [2.75, 3.05) is 10.6 Å². The molecule has 0 aromatic heterocycles. The third kappa shape index (κ3) is 5.23. The summed E-state index contributed by atoms with van der Waals surface area (Å²) >= 11 is 6.94. The van der Waals surface area contributed by atoms with Gasteiger partial charge in [-0.1, -0.05) is 38.3 Å². The first-order valence-electron chi connectivity index (χ1n) is 9.47. The summed E-state index contributed by atoms with van der Waals surface area (Å²) in [5, 5.41) is 6.01. The highest BCUT2D eigenvalue weighted by Crippen LogP contribution is 2.31. The molecule has 148 valence electrons. The molecule has 1 aliphatic carbocycles. The zero-order valence-electron chi connectivity index (χ0n) is 16.0. The molecule has 0 heterocycles. The molecule has 2 atom stereocenters. The molecule has 2 N–H and O–H groups in total. The summed E-state index contributed by atoms with van der Waals surface area (Å²) in [5.74, 6) is -0.280. The van der Waals surface area contributed by atoms with Gasteiger partial charge in [0.1, 0.15) is 0 Å².